The highest BCUT2D eigenvalue weighted by Gasteiger charge is 2.26. The lowest BCUT2D eigenvalue weighted by Crippen LogP contribution is -2.52. The number of carbonyl (C=O) groups is 2. The van der Waals surface area contributed by atoms with E-state index in [1.807, 2.05) is 23.1 Å². The van der Waals surface area contributed by atoms with Crippen LogP contribution in [-0.2, 0) is 4.79 Å². The fourth-order valence-corrected chi connectivity index (χ4v) is 3.10. The lowest BCUT2D eigenvalue weighted by molar-refractivity contribution is -0.138. The highest BCUT2D eigenvalue weighted by molar-refractivity contribution is 5.94. The monoisotopic (exact) mass is 352 g/mol. The van der Waals surface area contributed by atoms with Crippen LogP contribution in [0.4, 0.5) is 5.69 Å². The number of hydrogen-bond acceptors (Lipinski definition) is 4. The summed E-state index contributed by atoms with van der Waals surface area (Å²) in [5.74, 6) is 0.601. The molecular formula is C21H24N2O3. The summed E-state index contributed by atoms with van der Waals surface area (Å²) in [7, 11) is 0. The molecule has 0 unspecified atom stereocenters. The number of nitrogens with zero attached hydrogens (tertiary/aromatic N) is 2. The van der Waals surface area contributed by atoms with Gasteiger partial charge in [0.15, 0.2) is 11.9 Å². The number of Topliss-reactive ketones (excluding diaryl/α,β-unsaturated/α-hetero) is 1. The van der Waals surface area contributed by atoms with Crippen molar-refractivity contribution in [2.75, 3.05) is 31.1 Å². The molecule has 0 N–H and O–H groups in total. The zero-order valence-electron chi connectivity index (χ0n) is 15.2. The van der Waals surface area contributed by atoms with Crippen LogP contribution in [0, 0.1) is 0 Å². The van der Waals surface area contributed by atoms with E-state index in [1.54, 1.807) is 31.2 Å². The minimum absolute atomic E-state index is 0.00615. The SMILES string of the molecule is CC(=O)c1ccc(O[C@H](C)C(=O)N2CCN(c3ccccc3)CC2)cc1. The Hall–Kier alpha value is -2.82. The van der Waals surface area contributed by atoms with Gasteiger partial charge in [-0.1, -0.05) is 18.2 Å². The number of para-hydroxylation sites is 1. The zero-order valence-corrected chi connectivity index (χ0v) is 15.2. The summed E-state index contributed by atoms with van der Waals surface area (Å²) in [6.07, 6.45) is -0.554. The zero-order chi connectivity index (χ0) is 18.5. The molecule has 136 valence electrons. The van der Waals surface area contributed by atoms with E-state index in [0.717, 1.165) is 13.1 Å². The van der Waals surface area contributed by atoms with E-state index in [4.69, 9.17) is 4.74 Å². The molecule has 1 atom stereocenters. The maximum Gasteiger partial charge on any atom is 0.263 e. The van der Waals surface area contributed by atoms with E-state index in [2.05, 4.69) is 17.0 Å². The van der Waals surface area contributed by atoms with Crippen molar-refractivity contribution in [2.24, 2.45) is 0 Å². The Labute approximate surface area is 154 Å². The number of anilines is 1. The van der Waals surface area contributed by atoms with Crippen molar-refractivity contribution < 1.29 is 14.3 Å². The summed E-state index contributed by atoms with van der Waals surface area (Å²) in [6, 6.07) is 17.1. The molecule has 1 aliphatic heterocycles. The van der Waals surface area contributed by atoms with Crippen LogP contribution in [0.25, 0.3) is 0 Å². The summed E-state index contributed by atoms with van der Waals surface area (Å²) in [5.41, 5.74) is 1.82. The topological polar surface area (TPSA) is 49.9 Å². The number of carbonyl (C=O) groups excluding carboxylic acids is 2. The average molecular weight is 352 g/mol. The van der Waals surface area contributed by atoms with Crippen molar-refractivity contribution >= 4 is 17.4 Å². The molecule has 5 heteroatoms. The molecular weight excluding hydrogens is 328 g/mol. The Bertz CT molecular complexity index is 751. The summed E-state index contributed by atoms with van der Waals surface area (Å²) >= 11 is 0. The number of ether oxygens (including phenoxy) is 1. The highest BCUT2D eigenvalue weighted by Crippen LogP contribution is 2.18. The molecule has 26 heavy (non-hydrogen) atoms. The molecule has 0 saturated carbocycles. The first-order valence-corrected chi connectivity index (χ1v) is 8.91. The fourth-order valence-electron chi connectivity index (χ4n) is 3.10. The quantitative estimate of drug-likeness (QED) is 0.776. The van der Waals surface area contributed by atoms with E-state index < -0.39 is 6.10 Å². The van der Waals surface area contributed by atoms with Crippen molar-refractivity contribution in [2.45, 2.75) is 20.0 Å². The Kier molecular flexibility index (Phi) is 5.56. The van der Waals surface area contributed by atoms with Gasteiger partial charge < -0.3 is 14.5 Å². The predicted octanol–water partition coefficient (Wildman–Crippen LogP) is 3.01. The summed E-state index contributed by atoms with van der Waals surface area (Å²) in [4.78, 5) is 28.1. The van der Waals surface area contributed by atoms with Crippen molar-refractivity contribution in [1.29, 1.82) is 0 Å². The average Bonchev–Trinajstić information content (AvgIpc) is 2.68. The molecule has 5 nitrogen and oxygen atoms in total. The van der Waals surface area contributed by atoms with E-state index >= 15 is 0 Å². The van der Waals surface area contributed by atoms with Gasteiger partial charge in [0, 0.05) is 37.4 Å². The number of amides is 1. The second-order valence-electron chi connectivity index (χ2n) is 6.49. The molecule has 1 saturated heterocycles. The van der Waals surface area contributed by atoms with E-state index in [-0.39, 0.29) is 11.7 Å². The van der Waals surface area contributed by atoms with Crippen molar-refractivity contribution in [3.63, 3.8) is 0 Å². The van der Waals surface area contributed by atoms with Crippen LogP contribution in [0.2, 0.25) is 0 Å². The third-order valence-corrected chi connectivity index (χ3v) is 4.63. The number of ketones is 1. The molecule has 0 aromatic heterocycles. The summed E-state index contributed by atoms with van der Waals surface area (Å²) in [5, 5.41) is 0. The van der Waals surface area contributed by atoms with E-state index in [0.29, 0.717) is 24.4 Å². The van der Waals surface area contributed by atoms with Crippen molar-refractivity contribution in [3.8, 4) is 5.75 Å². The minimum atomic E-state index is -0.554. The van der Waals surface area contributed by atoms with Gasteiger partial charge in [0.2, 0.25) is 0 Å². The smallest absolute Gasteiger partial charge is 0.263 e. The third kappa shape index (κ3) is 4.23. The molecule has 2 aromatic carbocycles. The van der Waals surface area contributed by atoms with Crippen LogP contribution in [0.5, 0.6) is 5.75 Å². The van der Waals surface area contributed by atoms with Gasteiger partial charge in [-0.05, 0) is 50.2 Å². The number of rotatable bonds is 5. The van der Waals surface area contributed by atoms with Crippen LogP contribution in [0.3, 0.4) is 0 Å². The van der Waals surface area contributed by atoms with E-state index in [9.17, 15) is 9.59 Å². The van der Waals surface area contributed by atoms with Crippen molar-refractivity contribution in [3.05, 3.63) is 60.2 Å². The van der Waals surface area contributed by atoms with Gasteiger partial charge in [-0.25, -0.2) is 0 Å². The number of piperazine rings is 1. The van der Waals surface area contributed by atoms with Crippen LogP contribution in [0.15, 0.2) is 54.6 Å². The molecule has 0 spiro atoms. The predicted molar refractivity (Wildman–Crippen MR) is 102 cm³/mol. The Balaban J connectivity index is 1.53. The summed E-state index contributed by atoms with van der Waals surface area (Å²) in [6.45, 7) is 6.29. The van der Waals surface area contributed by atoms with Crippen LogP contribution in [-0.4, -0.2) is 48.9 Å². The number of hydrogen-bond donors (Lipinski definition) is 0. The first-order chi connectivity index (χ1) is 12.5. The molecule has 1 fully saturated rings. The van der Waals surface area contributed by atoms with Crippen LogP contribution < -0.4 is 9.64 Å². The maximum absolute atomic E-state index is 12.6. The second kappa shape index (κ2) is 8.04. The molecule has 0 aliphatic carbocycles. The maximum atomic E-state index is 12.6. The van der Waals surface area contributed by atoms with Gasteiger partial charge in [-0.3, -0.25) is 9.59 Å². The molecule has 1 amide bonds. The highest BCUT2D eigenvalue weighted by atomic mass is 16.5. The standard InChI is InChI=1S/C21H24N2O3/c1-16(24)18-8-10-20(11-9-18)26-17(2)21(25)23-14-12-22(13-15-23)19-6-4-3-5-7-19/h3-11,17H,12-15H2,1-2H3/t17-/m1/s1. The lowest BCUT2D eigenvalue weighted by atomic mass is 10.1. The normalized spacial score (nSPS) is 15.5. The van der Waals surface area contributed by atoms with Gasteiger partial charge in [-0.15, -0.1) is 0 Å². The molecule has 1 aliphatic rings. The molecule has 1 heterocycles. The Morgan fingerprint density at radius 2 is 1.54 bits per heavy atom. The first-order valence-electron chi connectivity index (χ1n) is 8.91. The fraction of sp³-hybridized carbons (Fsp3) is 0.333. The molecule has 2 aromatic rings. The molecule has 0 bridgehead atoms. The van der Waals surface area contributed by atoms with Gasteiger partial charge in [0.1, 0.15) is 5.75 Å². The molecule has 0 radical (unpaired) electrons. The largest absolute Gasteiger partial charge is 0.481 e. The van der Waals surface area contributed by atoms with Gasteiger partial charge in [0.25, 0.3) is 5.91 Å². The van der Waals surface area contributed by atoms with Gasteiger partial charge in [-0.2, -0.15) is 0 Å². The molecule has 3 rings (SSSR count). The van der Waals surface area contributed by atoms with Crippen molar-refractivity contribution in [1.82, 2.24) is 4.90 Å². The minimum Gasteiger partial charge on any atom is -0.481 e. The van der Waals surface area contributed by atoms with Gasteiger partial charge in [0.05, 0.1) is 0 Å². The van der Waals surface area contributed by atoms with Gasteiger partial charge >= 0.3 is 0 Å². The number of benzene rings is 2. The van der Waals surface area contributed by atoms with Crippen LogP contribution >= 0.6 is 0 Å². The lowest BCUT2D eigenvalue weighted by Gasteiger charge is -2.37. The first kappa shape index (κ1) is 18.0. The summed E-state index contributed by atoms with van der Waals surface area (Å²) < 4.78 is 5.76. The third-order valence-electron chi connectivity index (χ3n) is 4.63. The second-order valence-corrected chi connectivity index (χ2v) is 6.49. The Morgan fingerprint density at radius 3 is 2.12 bits per heavy atom. The van der Waals surface area contributed by atoms with Crippen LogP contribution in [0.1, 0.15) is 24.2 Å². The van der Waals surface area contributed by atoms with E-state index in [1.165, 1.54) is 12.6 Å². The Morgan fingerprint density at radius 1 is 0.923 bits per heavy atom.